The Balaban J connectivity index is 2.31. The topological polar surface area (TPSA) is 31.2 Å². The lowest BCUT2D eigenvalue weighted by atomic mass is 9.89. The molecule has 1 radical (unpaired) electrons. The molecule has 1 aliphatic carbocycles. The van der Waals surface area contributed by atoms with Crippen molar-refractivity contribution in [2.24, 2.45) is 5.92 Å². The van der Waals surface area contributed by atoms with Crippen molar-refractivity contribution in [3.8, 4) is 0 Å². The molecule has 0 N–H and O–H groups in total. The number of amides is 1. The van der Waals surface area contributed by atoms with Crippen LogP contribution in [-0.4, -0.2) is 13.0 Å². The lowest BCUT2D eigenvalue weighted by Gasteiger charge is -2.18. The van der Waals surface area contributed by atoms with E-state index < -0.39 is 0 Å². The summed E-state index contributed by atoms with van der Waals surface area (Å²) >= 11 is 0. The van der Waals surface area contributed by atoms with E-state index in [0.29, 0.717) is 0 Å². The van der Waals surface area contributed by atoms with Gasteiger partial charge in [-0.25, -0.2) is 0 Å². The summed E-state index contributed by atoms with van der Waals surface area (Å²) in [5.74, 6) is 0.374. The molecule has 0 aromatic heterocycles. The highest BCUT2D eigenvalue weighted by Crippen LogP contribution is 2.23. The molecule has 1 amide bonds. The number of nitrogens with zero attached hydrogens (tertiary/aromatic N) is 1. The van der Waals surface area contributed by atoms with Crippen LogP contribution >= 0.6 is 0 Å². The molecule has 0 saturated heterocycles. The van der Waals surface area contributed by atoms with Crippen molar-refractivity contribution in [2.75, 3.05) is 7.05 Å². The Morgan fingerprint density at radius 1 is 1.30 bits per heavy atom. The second-order valence-corrected chi connectivity index (χ2v) is 2.90. The zero-order valence-electron chi connectivity index (χ0n) is 6.47. The molecule has 1 saturated carbocycles. The molecule has 1 fully saturated rings. The smallest absolute Gasteiger partial charge is 0.243 e. The summed E-state index contributed by atoms with van der Waals surface area (Å²) in [5.41, 5.74) is 0. The van der Waals surface area contributed by atoms with Gasteiger partial charge in [0.15, 0.2) is 0 Å². The quantitative estimate of drug-likeness (QED) is 0.540. The highest BCUT2D eigenvalue weighted by atomic mass is 16.1. The summed E-state index contributed by atoms with van der Waals surface area (Å²) in [5, 5.41) is 3.67. The molecular weight excluding hydrogens is 126 g/mol. The summed E-state index contributed by atoms with van der Waals surface area (Å²) in [6, 6.07) is 0. The molecule has 0 aliphatic heterocycles. The van der Waals surface area contributed by atoms with Crippen LogP contribution in [-0.2, 0) is 4.79 Å². The van der Waals surface area contributed by atoms with Crippen LogP contribution in [0.1, 0.15) is 32.1 Å². The molecule has 1 aliphatic rings. The molecule has 2 heteroatoms. The average Bonchev–Trinajstić information content (AvgIpc) is 2.05. The first-order valence-corrected chi connectivity index (χ1v) is 3.98. The first-order chi connectivity index (χ1) is 4.84. The van der Waals surface area contributed by atoms with Crippen LogP contribution in [0.5, 0.6) is 0 Å². The first kappa shape index (κ1) is 7.58. The minimum atomic E-state index is 0.111. The highest BCUT2D eigenvalue weighted by molar-refractivity contribution is 5.77. The van der Waals surface area contributed by atoms with Gasteiger partial charge in [0.25, 0.3) is 0 Å². The standard InChI is InChI=1S/C8H14NO/c1-9-8(10)7-5-3-2-4-6-7/h7H,2-6H2,1H3. The van der Waals surface area contributed by atoms with Gasteiger partial charge in [0.1, 0.15) is 0 Å². The van der Waals surface area contributed by atoms with Crippen molar-refractivity contribution in [2.45, 2.75) is 32.1 Å². The first-order valence-electron chi connectivity index (χ1n) is 3.98. The molecule has 1 rings (SSSR count). The van der Waals surface area contributed by atoms with Gasteiger partial charge in [0.2, 0.25) is 5.91 Å². The van der Waals surface area contributed by atoms with Crippen molar-refractivity contribution in [3.63, 3.8) is 0 Å². The molecule has 0 unspecified atom stereocenters. The maximum absolute atomic E-state index is 11.0. The number of hydrogen-bond acceptors (Lipinski definition) is 1. The van der Waals surface area contributed by atoms with Crippen LogP contribution in [0, 0.1) is 5.92 Å². The fourth-order valence-corrected chi connectivity index (χ4v) is 1.53. The van der Waals surface area contributed by atoms with E-state index in [-0.39, 0.29) is 11.8 Å². The summed E-state index contributed by atoms with van der Waals surface area (Å²) in [4.78, 5) is 11.0. The predicted octanol–water partition coefficient (Wildman–Crippen LogP) is 1.33. The normalized spacial score (nSPS) is 20.5. The van der Waals surface area contributed by atoms with Gasteiger partial charge in [-0.1, -0.05) is 19.3 Å². The van der Waals surface area contributed by atoms with Gasteiger partial charge in [-0.15, -0.1) is 0 Å². The number of carbonyl (C=O) groups is 1. The molecule has 0 spiro atoms. The maximum Gasteiger partial charge on any atom is 0.243 e. The van der Waals surface area contributed by atoms with E-state index in [1.54, 1.807) is 7.05 Å². The molecule has 10 heavy (non-hydrogen) atoms. The number of hydrogen-bond donors (Lipinski definition) is 0. The third kappa shape index (κ3) is 1.72. The molecule has 0 atom stereocenters. The van der Waals surface area contributed by atoms with Gasteiger partial charge in [-0.05, 0) is 12.8 Å². The van der Waals surface area contributed by atoms with Crippen LogP contribution in [0.15, 0.2) is 0 Å². The molecule has 0 bridgehead atoms. The summed E-state index contributed by atoms with van der Waals surface area (Å²) in [7, 11) is 1.59. The maximum atomic E-state index is 11.0. The van der Waals surface area contributed by atoms with Crippen LogP contribution in [0.2, 0.25) is 0 Å². The fourth-order valence-electron chi connectivity index (χ4n) is 1.53. The third-order valence-corrected chi connectivity index (χ3v) is 2.17. The molecule has 57 valence electrons. The fraction of sp³-hybridized carbons (Fsp3) is 0.875. The van der Waals surface area contributed by atoms with Crippen LogP contribution in [0.3, 0.4) is 0 Å². The number of rotatable bonds is 1. The van der Waals surface area contributed by atoms with Crippen molar-refractivity contribution in [1.29, 1.82) is 0 Å². The highest BCUT2D eigenvalue weighted by Gasteiger charge is 2.19. The average molecular weight is 140 g/mol. The van der Waals surface area contributed by atoms with Crippen LogP contribution in [0.4, 0.5) is 0 Å². The van der Waals surface area contributed by atoms with Gasteiger partial charge < -0.3 is 0 Å². The van der Waals surface area contributed by atoms with Crippen molar-refractivity contribution in [1.82, 2.24) is 5.32 Å². The van der Waals surface area contributed by atoms with E-state index in [1.807, 2.05) is 0 Å². The largest absolute Gasteiger partial charge is 0.273 e. The molecule has 0 heterocycles. The third-order valence-electron chi connectivity index (χ3n) is 2.17. The molecule has 0 aromatic rings. The van der Waals surface area contributed by atoms with Crippen molar-refractivity contribution in [3.05, 3.63) is 0 Å². The second-order valence-electron chi connectivity index (χ2n) is 2.90. The second kappa shape index (κ2) is 3.59. The van der Waals surface area contributed by atoms with Gasteiger partial charge >= 0.3 is 0 Å². The molecule has 2 nitrogen and oxygen atoms in total. The van der Waals surface area contributed by atoms with E-state index in [2.05, 4.69) is 5.32 Å². The van der Waals surface area contributed by atoms with Crippen LogP contribution < -0.4 is 5.32 Å². The van der Waals surface area contributed by atoms with E-state index in [1.165, 1.54) is 19.3 Å². The molecule has 0 aromatic carbocycles. The lowest BCUT2D eigenvalue weighted by molar-refractivity contribution is -0.125. The van der Waals surface area contributed by atoms with E-state index in [0.717, 1.165) is 12.8 Å². The minimum Gasteiger partial charge on any atom is -0.273 e. The monoisotopic (exact) mass is 140 g/mol. The summed E-state index contributed by atoms with van der Waals surface area (Å²) in [6.07, 6.45) is 5.86. The Hall–Kier alpha value is -0.530. The van der Waals surface area contributed by atoms with Gasteiger partial charge in [0, 0.05) is 13.0 Å². The minimum absolute atomic E-state index is 0.111. The van der Waals surface area contributed by atoms with Gasteiger partial charge in [-0.2, -0.15) is 0 Å². The van der Waals surface area contributed by atoms with E-state index in [4.69, 9.17) is 0 Å². The van der Waals surface area contributed by atoms with Gasteiger partial charge in [-0.3, -0.25) is 10.1 Å². The predicted molar refractivity (Wildman–Crippen MR) is 39.6 cm³/mol. The SMILES string of the molecule is C[N]C(=O)C1CCCCC1. The van der Waals surface area contributed by atoms with Gasteiger partial charge in [0.05, 0.1) is 0 Å². The van der Waals surface area contributed by atoms with Crippen molar-refractivity contribution >= 4 is 5.91 Å². The van der Waals surface area contributed by atoms with E-state index >= 15 is 0 Å². The Bertz CT molecular complexity index is 116. The number of carbonyl (C=O) groups excluding carboxylic acids is 1. The lowest BCUT2D eigenvalue weighted by Crippen LogP contribution is -2.23. The zero-order valence-corrected chi connectivity index (χ0v) is 6.47. The Kier molecular flexibility index (Phi) is 2.72. The van der Waals surface area contributed by atoms with E-state index in [9.17, 15) is 4.79 Å². The summed E-state index contributed by atoms with van der Waals surface area (Å²) in [6.45, 7) is 0. The Morgan fingerprint density at radius 3 is 2.40 bits per heavy atom. The van der Waals surface area contributed by atoms with Crippen LogP contribution in [0.25, 0.3) is 0 Å². The summed E-state index contributed by atoms with van der Waals surface area (Å²) < 4.78 is 0. The molecular formula is C8H14NO. The Labute approximate surface area is 62.0 Å². The Morgan fingerprint density at radius 2 is 1.90 bits per heavy atom. The zero-order chi connectivity index (χ0) is 7.40. The van der Waals surface area contributed by atoms with Crippen molar-refractivity contribution < 1.29 is 4.79 Å².